The van der Waals surface area contributed by atoms with Gasteiger partial charge in [0.2, 0.25) is 0 Å². The highest BCUT2D eigenvalue weighted by Gasteiger charge is 2.16. The Morgan fingerprint density at radius 1 is 1.21 bits per heavy atom. The highest BCUT2D eigenvalue weighted by molar-refractivity contribution is 6.03. The molecule has 1 aliphatic heterocycles. The summed E-state index contributed by atoms with van der Waals surface area (Å²) in [6, 6.07) is 9.56. The van der Waals surface area contributed by atoms with Gasteiger partial charge in [-0.05, 0) is 56.5 Å². The van der Waals surface area contributed by atoms with Gasteiger partial charge in [0.05, 0.1) is 6.26 Å². The number of aromatic nitrogens is 2. The molecule has 3 heterocycles. The van der Waals surface area contributed by atoms with Crippen LogP contribution in [0, 0.1) is 6.92 Å². The van der Waals surface area contributed by atoms with Crippen molar-refractivity contribution >= 4 is 11.6 Å². The van der Waals surface area contributed by atoms with Gasteiger partial charge < -0.3 is 14.3 Å². The Hall–Kier alpha value is -2.82. The van der Waals surface area contributed by atoms with Crippen molar-refractivity contribution < 1.29 is 9.21 Å². The van der Waals surface area contributed by atoms with E-state index in [1.165, 1.54) is 24.8 Å². The summed E-state index contributed by atoms with van der Waals surface area (Å²) in [7, 11) is 0. The molecule has 0 fully saturated rings. The molecule has 1 amide bonds. The van der Waals surface area contributed by atoms with Crippen molar-refractivity contribution in [3.63, 3.8) is 0 Å². The zero-order valence-corrected chi connectivity index (χ0v) is 13.6. The Morgan fingerprint density at radius 2 is 2.04 bits per heavy atom. The van der Waals surface area contributed by atoms with Gasteiger partial charge in [-0.3, -0.25) is 4.79 Å². The molecule has 24 heavy (non-hydrogen) atoms. The molecular weight excluding hydrogens is 302 g/mol. The highest BCUT2D eigenvalue weighted by Crippen LogP contribution is 2.25. The molecule has 0 saturated heterocycles. The molecular formula is C19H19N3O2. The van der Waals surface area contributed by atoms with Gasteiger partial charge in [0.25, 0.3) is 5.91 Å². The van der Waals surface area contributed by atoms with Gasteiger partial charge in [0, 0.05) is 35.2 Å². The molecule has 0 unspecified atom stereocenters. The minimum Gasteiger partial charge on any atom is -0.459 e. The number of fused-ring (bicyclic) bond motifs is 1. The second kappa shape index (κ2) is 6.00. The predicted octanol–water partition coefficient (Wildman–Crippen LogP) is 4.04. The van der Waals surface area contributed by atoms with E-state index in [9.17, 15) is 4.79 Å². The van der Waals surface area contributed by atoms with Crippen LogP contribution in [0.25, 0.3) is 11.4 Å². The van der Waals surface area contributed by atoms with Crippen molar-refractivity contribution in [1.29, 1.82) is 0 Å². The summed E-state index contributed by atoms with van der Waals surface area (Å²) in [5.41, 5.74) is 3.94. The number of imidazole rings is 1. The van der Waals surface area contributed by atoms with Crippen molar-refractivity contribution in [1.82, 2.24) is 9.55 Å². The summed E-state index contributed by atoms with van der Waals surface area (Å²) in [6.45, 7) is 2.88. The standard InChI is InChI=1S/C19H19N3O2/c1-13-9-11-24-17(13)19(23)21-15-7-5-14(6-8-15)18-20-12-16-4-2-3-10-22(16)18/h5-9,11-12H,2-4,10H2,1H3,(H,21,23). The number of aryl methyl sites for hydroxylation is 2. The minimum absolute atomic E-state index is 0.233. The molecule has 2 aromatic heterocycles. The third-order valence-corrected chi connectivity index (χ3v) is 4.47. The lowest BCUT2D eigenvalue weighted by molar-refractivity contribution is 0.0996. The lowest BCUT2D eigenvalue weighted by Gasteiger charge is -2.16. The molecule has 0 saturated carbocycles. The number of hydrogen-bond acceptors (Lipinski definition) is 3. The van der Waals surface area contributed by atoms with Gasteiger partial charge >= 0.3 is 0 Å². The molecule has 1 aliphatic rings. The van der Waals surface area contributed by atoms with Gasteiger partial charge in [-0.25, -0.2) is 4.98 Å². The van der Waals surface area contributed by atoms with Crippen LogP contribution in [-0.2, 0) is 13.0 Å². The fraction of sp³-hybridized carbons (Fsp3) is 0.263. The Labute approximate surface area is 140 Å². The zero-order valence-electron chi connectivity index (χ0n) is 13.6. The Bertz CT molecular complexity index is 874. The first-order valence-corrected chi connectivity index (χ1v) is 8.22. The molecule has 5 heteroatoms. The molecule has 0 bridgehead atoms. The lowest BCUT2D eigenvalue weighted by Crippen LogP contribution is -2.12. The first-order chi connectivity index (χ1) is 11.7. The maximum absolute atomic E-state index is 12.2. The quantitative estimate of drug-likeness (QED) is 0.792. The Kier molecular flexibility index (Phi) is 3.69. The van der Waals surface area contributed by atoms with E-state index < -0.39 is 0 Å². The number of benzene rings is 1. The van der Waals surface area contributed by atoms with Crippen LogP contribution in [0.1, 0.15) is 34.7 Å². The van der Waals surface area contributed by atoms with Gasteiger partial charge in [-0.2, -0.15) is 0 Å². The monoisotopic (exact) mass is 321 g/mol. The summed E-state index contributed by atoms with van der Waals surface area (Å²) >= 11 is 0. The van der Waals surface area contributed by atoms with E-state index in [0.29, 0.717) is 5.76 Å². The molecule has 3 aromatic rings. The van der Waals surface area contributed by atoms with Crippen LogP contribution in [0.4, 0.5) is 5.69 Å². The number of rotatable bonds is 3. The summed E-state index contributed by atoms with van der Waals surface area (Å²) in [5, 5.41) is 2.86. The number of anilines is 1. The van der Waals surface area contributed by atoms with Crippen molar-refractivity contribution in [2.75, 3.05) is 5.32 Å². The second-order valence-corrected chi connectivity index (χ2v) is 6.15. The van der Waals surface area contributed by atoms with Crippen molar-refractivity contribution in [3.05, 3.63) is 59.8 Å². The second-order valence-electron chi connectivity index (χ2n) is 6.15. The summed E-state index contributed by atoms with van der Waals surface area (Å²) in [4.78, 5) is 16.8. The van der Waals surface area contributed by atoms with Crippen LogP contribution in [-0.4, -0.2) is 15.5 Å². The van der Waals surface area contributed by atoms with Crippen LogP contribution in [0.15, 0.2) is 47.2 Å². The SMILES string of the molecule is Cc1ccoc1C(=O)Nc1ccc(-c2ncc3n2CCCC3)cc1. The number of nitrogens with one attached hydrogen (secondary N) is 1. The van der Waals surface area contributed by atoms with E-state index in [0.717, 1.165) is 35.6 Å². The maximum atomic E-state index is 12.2. The number of furan rings is 1. The van der Waals surface area contributed by atoms with E-state index in [1.54, 1.807) is 6.07 Å². The van der Waals surface area contributed by atoms with Gasteiger partial charge in [0.15, 0.2) is 5.76 Å². The first-order valence-electron chi connectivity index (χ1n) is 8.22. The van der Waals surface area contributed by atoms with E-state index in [1.807, 2.05) is 37.4 Å². The molecule has 122 valence electrons. The average Bonchev–Trinajstić information content (AvgIpc) is 3.22. The summed E-state index contributed by atoms with van der Waals surface area (Å²) in [6.07, 6.45) is 7.04. The zero-order chi connectivity index (χ0) is 16.5. The number of carbonyl (C=O) groups is 1. The van der Waals surface area contributed by atoms with Crippen LogP contribution < -0.4 is 5.32 Å². The largest absolute Gasteiger partial charge is 0.459 e. The lowest BCUT2D eigenvalue weighted by atomic mass is 10.1. The highest BCUT2D eigenvalue weighted by atomic mass is 16.3. The average molecular weight is 321 g/mol. The normalized spacial score (nSPS) is 13.5. The number of hydrogen-bond donors (Lipinski definition) is 1. The van der Waals surface area contributed by atoms with Crippen molar-refractivity contribution in [3.8, 4) is 11.4 Å². The van der Waals surface area contributed by atoms with E-state index in [4.69, 9.17) is 4.42 Å². The van der Waals surface area contributed by atoms with Crippen LogP contribution in [0.3, 0.4) is 0 Å². The number of amides is 1. The molecule has 1 aromatic carbocycles. The summed E-state index contributed by atoms with van der Waals surface area (Å²) < 4.78 is 7.51. The van der Waals surface area contributed by atoms with Crippen molar-refractivity contribution in [2.24, 2.45) is 0 Å². The third kappa shape index (κ3) is 2.62. The Morgan fingerprint density at radius 3 is 2.79 bits per heavy atom. The summed E-state index contributed by atoms with van der Waals surface area (Å²) in [5.74, 6) is 1.12. The van der Waals surface area contributed by atoms with Gasteiger partial charge in [-0.15, -0.1) is 0 Å². The van der Waals surface area contributed by atoms with Crippen LogP contribution in [0.5, 0.6) is 0 Å². The smallest absolute Gasteiger partial charge is 0.291 e. The molecule has 4 rings (SSSR count). The molecule has 1 N–H and O–H groups in total. The number of nitrogens with zero attached hydrogens (tertiary/aromatic N) is 2. The fourth-order valence-electron chi connectivity index (χ4n) is 3.16. The molecule has 5 nitrogen and oxygen atoms in total. The maximum Gasteiger partial charge on any atom is 0.291 e. The first kappa shape index (κ1) is 14.8. The minimum atomic E-state index is -0.233. The molecule has 0 atom stereocenters. The van der Waals surface area contributed by atoms with Gasteiger partial charge in [0.1, 0.15) is 5.82 Å². The predicted molar refractivity (Wildman–Crippen MR) is 92.0 cm³/mol. The van der Waals surface area contributed by atoms with E-state index >= 15 is 0 Å². The van der Waals surface area contributed by atoms with Crippen molar-refractivity contribution in [2.45, 2.75) is 32.7 Å². The van der Waals surface area contributed by atoms with Gasteiger partial charge in [-0.1, -0.05) is 0 Å². The molecule has 0 aliphatic carbocycles. The van der Waals surface area contributed by atoms with Crippen LogP contribution in [0.2, 0.25) is 0 Å². The fourth-order valence-corrected chi connectivity index (χ4v) is 3.16. The third-order valence-electron chi connectivity index (χ3n) is 4.47. The molecule has 0 spiro atoms. The Balaban J connectivity index is 1.54. The van der Waals surface area contributed by atoms with E-state index in [2.05, 4.69) is 14.9 Å². The topological polar surface area (TPSA) is 60.1 Å². The number of carbonyl (C=O) groups excluding carboxylic acids is 1. The van der Waals surface area contributed by atoms with E-state index in [-0.39, 0.29) is 5.91 Å². The van der Waals surface area contributed by atoms with Crippen LogP contribution >= 0.6 is 0 Å². The molecule has 0 radical (unpaired) electrons.